The number of aromatic nitrogens is 2. The molecular weight excluding hydrogens is 341 g/mol. The molecule has 0 amide bonds. The summed E-state index contributed by atoms with van der Waals surface area (Å²) < 4.78 is 0. The van der Waals surface area contributed by atoms with Crippen molar-refractivity contribution in [1.82, 2.24) is 9.97 Å². The zero-order chi connectivity index (χ0) is 13.9. The minimum absolute atomic E-state index is 0. The molecule has 0 radical (unpaired) electrons. The summed E-state index contributed by atoms with van der Waals surface area (Å²) in [6.45, 7) is 0.582. The number of fused-ring (bicyclic) bond motifs is 1. The molecule has 0 saturated heterocycles. The highest BCUT2D eigenvalue weighted by Crippen LogP contribution is 2.22. The molecule has 3 N–H and O–H groups in total. The first-order valence-corrected chi connectivity index (χ1v) is 7.03. The summed E-state index contributed by atoms with van der Waals surface area (Å²) >= 11 is 5.92. The van der Waals surface area contributed by atoms with Gasteiger partial charge in [-0.3, -0.25) is 0 Å². The average molecular weight is 359 g/mol. The minimum atomic E-state index is 0. The van der Waals surface area contributed by atoms with Gasteiger partial charge in [-0.15, -0.1) is 24.8 Å². The molecule has 6 heteroatoms. The molecule has 1 aromatic heterocycles. The van der Waals surface area contributed by atoms with E-state index < -0.39 is 0 Å². The molecule has 0 spiro atoms. The molecule has 0 aliphatic heterocycles. The van der Waals surface area contributed by atoms with E-state index in [1.807, 2.05) is 48.5 Å². The van der Waals surface area contributed by atoms with E-state index in [1.54, 1.807) is 0 Å². The van der Waals surface area contributed by atoms with Crippen molar-refractivity contribution in [2.45, 2.75) is 12.3 Å². The van der Waals surface area contributed by atoms with Gasteiger partial charge in [0, 0.05) is 17.4 Å². The normalized spacial score (nSPS) is 11.5. The molecule has 0 bridgehead atoms. The fourth-order valence-electron chi connectivity index (χ4n) is 2.41. The highest BCUT2D eigenvalue weighted by atomic mass is 35.5. The first-order chi connectivity index (χ1) is 9.76. The number of imidazole rings is 1. The van der Waals surface area contributed by atoms with Crippen LogP contribution in [-0.4, -0.2) is 16.5 Å². The minimum Gasteiger partial charge on any atom is -0.342 e. The van der Waals surface area contributed by atoms with E-state index in [2.05, 4.69) is 9.97 Å². The number of para-hydroxylation sites is 2. The van der Waals surface area contributed by atoms with Crippen LogP contribution in [0.4, 0.5) is 0 Å². The third kappa shape index (κ3) is 4.14. The Morgan fingerprint density at radius 3 is 2.36 bits per heavy atom. The van der Waals surface area contributed by atoms with Crippen molar-refractivity contribution in [2.75, 3.05) is 6.54 Å². The van der Waals surface area contributed by atoms with Crippen LogP contribution >= 0.6 is 36.4 Å². The van der Waals surface area contributed by atoms with E-state index in [9.17, 15) is 0 Å². The van der Waals surface area contributed by atoms with Gasteiger partial charge in [0.05, 0.1) is 11.0 Å². The summed E-state index contributed by atoms with van der Waals surface area (Å²) in [7, 11) is 0. The maximum Gasteiger partial charge on any atom is 0.107 e. The number of nitrogens with zero attached hydrogens (tertiary/aromatic N) is 1. The molecule has 1 heterocycles. The number of halogens is 3. The number of benzene rings is 2. The van der Waals surface area contributed by atoms with Crippen molar-refractivity contribution >= 4 is 47.4 Å². The fraction of sp³-hybridized carbons (Fsp3) is 0.188. The summed E-state index contributed by atoms with van der Waals surface area (Å²) in [4.78, 5) is 7.96. The molecule has 3 rings (SSSR count). The van der Waals surface area contributed by atoms with E-state index in [1.165, 1.54) is 5.56 Å². The van der Waals surface area contributed by atoms with E-state index in [0.29, 0.717) is 6.54 Å². The van der Waals surface area contributed by atoms with Crippen LogP contribution in [0.3, 0.4) is 0 Å². The van der Waals surface area contributed by atoms with Gasteiger partial charge in [0.2, 0.25) is 0 Å². The van der Waals surface area contributed by atoms with Gasteiger partial charge in [0.15, 0.2) is 0 Å². The van der Waals surface area contributed by atoms with Crippen molar-refractivity contribution in [3.63, 3.8) is 0 Å². The summed E-state index contributed by atoms with van der Waals surface area (Å²) in [6.07, 6.45) is 0.798. The van der Waals surface area contributed by atoms with Crippen molar-refractivity contribution < 1.29 is 0 Å². The summed E-state index contributed by atoms with van der Waals surface area (Å²) in [5.41, 5.74) is 9.16. The van der Waals surface area contributed by atoms with Gasteiger partial charge in [-0.05, 0) is 36.4 Å². The molecule has 1 unspecified atom stereocenters. The first kappa shape index (κ1) is 18.8. The molecule has 22 heavy (non-hydrogen) atoms. The highest BCUT2D eigenvalue weighted by Gasteiger charge is 2.13. The van der Waals surface area contributed by atoms with Crippen LogP contribution in [0, 0.1) is 0 Å². The van der Waals surface area contributed by atoms with Crippen LogP contribution < -0.4 is 5.73 Å². The molecule has 2 aromatic carbocycles. The van der Waals surface area contributed by atoms with E-state index in [4.69, 9.17) is 17.3 Å². The van der Waals surface area contributed by atoms with Gasteiger partial charge in [0.1, 0.15) is 5.82 Å². The van der Waals surface area contributed by atoms with Crippen LogP contribution in [0.15, 0.2) is 48.5 Å². The molecule has 0 aliphatic rings. The third-order valence-corrected chi connectivity index (χ3v) is 3.76. The van der Waals surface area contributed by atoms with Crippen LogP contribution in [0.2, 0.25) is 5.02 Å². The largest absolute Gasteiger partial charge is 0.342 e. The van der Waals surface area contributed by atoms with E-state index in [-0.39, 0.29) is 30.7 Å². The standard InChI is InChI=1S/C16H16ClN3.2ClH/c17-13-7-5-11(6-8-13)12(10-18)9-16-19-14-3-1-2-4-15(14)20-16;;/h1-8,12H,9-10,18H2,(H,19,20);2*1H. The molecule has 1 atom stereocenters. The number of nitrogens with two attached hydrogens (primary N) is 1. The number of hydrogen-bond donors (Lipinski definition) is 2. The predicted molar refractivity (Wildman–Crippen MR) is 97.5 cm³/mol. The second kappa shape index (κ2) is 8.39. The number of hydrogen-bond acceptors (Lipinski definition) is 2. The van der Waals surface area contributed by atoms with Crippen LogP contribution in [-0.2, 0) is 6.42 Å². The Morgan fingerprint density at radius 2 is 1.73 bits per heavy atom. The lowest BCUT2D eigenvalue weighted by Gasteiger charge is -2.13. The topological polar surface area (TPSA) is 54.7 Å². The van der Waals surface area contributed by atoms with Crippen molar-refractivity contribution in [1.29, 1.82) is 0 Å². The lowest BCUT2D eigenvalue weighted by Crippen LogP contribution is -2.15. The second-order valence-electron chi connectivity index (χ2n) is 4.89. The van der Waals surface area contributed by atoms with E-state index in [0.717, 1.165) is 28.3 Å². The van der Waals surface area contributed by atoms with Crippen molar-refractivity contribution in [3.05, 3.63) is 64.9 Å². The van der Waals surface area contributed by atoms with Gasteiger partial charge in [-0.25, -0.2) is 4.98 Å². The Kier molecular flexibility index (Phi) is 7.17. The van der Waals surface area contributed by atoms with Crippen molar-refractivity contribution in [2.24, 2.45) is 5.73 Å². The monoisotopic (exact) mass is 357 g/mol. The number of H-pyrrole nitrogens is 1. The maximum atomic E-state index is 5.92. The summed E-state index contributed by atoms with van der Waals surface area (Å²) in [5, 5.41) is 0.744. The zero-order valence-corrected chi connectivity index (χ0v) is 14.2. The zero-order valence-electron chi connectivity index (χ0n) is 11.8. The smallest absolute Gasteiger partial charge is 0.107 e. The quantitative estimate of drug-likeness (QED) is 0.728. The predicted octanol–water partition coefficient (Wildman–Crippen LogP) is 4.34. The fourth-order valence-corrected chi connectivity index (χ4v) is 2.53. The molecule has 118 valence electrons. The highest BCUT2D eigenvalue weighted by molar-refractivity contribution is 6.30. The van der Waals surface area contributed by atoms with E-state index >= 15 is 0 Å². The van der Waals surface area contributed by atoms with Gasteiger partial charge in [-0.1, -0.05) is 35.9 Å². The van der Waals surface area contributed by atoms with Crippen LogP contribution in [0.25, 0.3) is 11.0 Å². The molecule has 3 aromatic rings. The summed E-state index contributed by atoms with van der Waals surface area (Å²) in [5.74, 6) is 1.21. The summed E-state index contributed by atoms with van der Waals surface area (Å²) in [6, 6.07) is 15.9. The Labute approximate surface area is 147 Å². The third-order valence-electron chi connectivity index (χ3n) is 3.50. The number of nitrogens with one attached hydrogen (secondary N) is 1. The van der Waals surface area contributed by atoms with Crippen LogP contribution in [0.1, 0.15) is 17.3 Å². The Bertz CT molecular complexity index is 677. The van der Waals surface area contributed by atoms with Crippen molar-refractivity contribution in [3.8, 4) is 0 Å². The Morgan fingerprint density at radius 1 is 1.05 bits per heavy atom. The molecule has 0 fully saturated rings. The molecular formula is C16H18Cl3N3. The molecule has 0 saturated carbocycles. The SMILES string of the molecule is Cl.Cl.NCC(Cc1nc2ccccc2[nH]1)c1ccc(Cl)cc1. The average Bonchev–Trinajstić information content (AvgIpc) is 2.88. The Hall–Kier alpha value is -1.26. The second-order valence-corrected chi connectivity index (χ2v) is 5.33. The van der Waals surface area contributed by atoms with Gasteiger partial charge in [-0.2, -0.15) is 0 Å². The molecule has 0 aliphatic carbocycles. The Balaban J connectivity index is 0.00000121. The maximum absolute atomic E-state index is 5.92. The molecule has 3 nitrogen and oxygen atoms in total. The lowest BCUT2D eigenvalue weighted by atomic mass is 9.96. The van der Waals surface area contributed by atoms with Gasteiger partial charge >= 0.3 is 0 Å². The number of rotatable bonds is 4. The van der Waals surface area contributed by atoms with Crippen LogP contribution in [0.5, 0.6) is 0 Å². The number of aromatic amines is 1. The lowest BCUT2D eigenvalue weighted by molar-refractivity contribution is 0.673. The van der Waals surface area contributed by atoms with Gasteiger partial charge < -0.3 is 10.7 Å². The van der Waals surface area contributed by atoms with Gasteiger partial charge in [0.25, 0.3) is 0 Å². The first-order valence-electron chi connectivity index (χ1n) is 6.65.